The Morgan fingerprint density at radius 1 is 1.29 bits per heavy atom. The highest BCUT2D eigenvalue weighted by Crippen LogP contribution is 2.35. The SMILES string of the molecule is O=C(CO)N[C@H]1C([C@H](O)[C@H](O)CO)O[C@@](Oc2ccc([N+](=O)[O-])cc2)(C(=O)O)C[C@H]1O. The van der Waals surface area contributed by atoms with Gasteiger partial charge >= 0.3 is 11.8 Å². The van der Waals surface area contributed by atoms with Crippen molar-refractivity contribution in [2.45, 2.75) is 42.7 Å². The normalized spacial score (nSPS) is 27.7. The van der Waals surface area contributed by atoms with Crippen molar-refractivity contribution >= 4 is 17.6 Å². The molecule has 1 aromatic rings. The number of benzene rings is 1. The van der Waals surface area contributed by atoms with Gasteiger partial charge in [-0.15, -0.1) is 0 Å². The third-order valence-corrected chi connectivity index (χ3v) is 4.62. The van der Waals surface area contributed by atoms with E-state index in [2.05, 4.69) is 5.32 Å². The van der Waals surface area contributed by atoms with E-state index in [1.807, 2.05) is 0 Å². The van der Waals surface area contributed by atoms with E-state index in [1.165, 1.54) is 0 Å². The number of nitrogens with zero attached hydrogens (tertiary/aromatic N) is 1. The summed E-state index contributed by atoms with van der Waals surface area (Å²) in [6.45, 7) is -1.95. The zero-order valence-corrected chi connectivity index (χ0v) is 15.9. The van der Waals surface area contributed by atoms with Gasteiger partial charge in [0.05, 0.1) is 30.1 Å². The number of aliphatic hydroxyl groups excluding tert-OH is 5. The zero-order valence-electron chi connectivity index (χ0n) is 15.9. The molecule has 14 heteroatoms. The number of non-ortho nitro benzene ring substituents is 1. The minimum absolute atomic E-state index is 0.186. The first kappa shape index (κ1) is 24.4. The number of nitro groups is 1. The van der Waals surface area contributed by atoms with E-state index in [-0.39, 0.29) is 11.4 Å². The fraction of sp³-hybridized carbons (Fsp3) is 0.529. The van der Waals surface area contributed by atoms with Gasteiger partial charge in [0.25, 0.3) is 5.69 Å². The molecule has 6 atom stereocenters. The number of rotatable bonds is 9. The first-order valence-corrected chi connectivity index (χ1v) is 8.94. The number of aliphatic carboxylic acids is 1. The fourth-order valence-corrected chi connectivity index (χ4v) is 3.05. The lowest BCUT2D eigenvalue weighted by Gasteiger charge is -2.46. The van der Waals surface area contributed by atoms with Crippen molar-refractivity contribution < 1.29 is 54.6 Å². The molecular formula is C17H22N2O12. The summed E-state index contributed by atoms with van der Waals surface area (Å²) in [5.41, 5.74) is -0.299. The van der Waals surface area contributed by atoms with Crippen LogP contribution in [0.15, 0.2) is 24.3 Å². The Balaban J connectivity index is 2.40. The maximum Gasteiger partial charge on any atom is 0.377 e. The average molecular weight is 446 g/mol. The smallest absolute Gasteiger partial charge is 0.377 e. The number of carbonyl (C=O) groups is 2. The van der Waals surface area contributed by atoms with Gasteiger partial charge in [-0.25, -0.2) is 4.79 Å². The Morgan fingerprint density at radius 2 is 1.90 bits per heavy atom. The molecule has 0 spiro atoms. The van der Waals surface area contributed by atoms with E-state index >= 15 is 0 Å². The van der Waals surface area contributed by atoms with E-state index in [0.717, 1.165) is 24.3 Å². The molecule has 31 heavy (non-hydrogen) atoms. The van der Waals surface area contributed by atoms with Gasteiger partial charge in [0.1, 0.15) is 30.7 Å². The van der Waals surface area contributed by atoms with Crippen LogP contribution >= 0.6 is 0 Å². The van der Waals surface area contributed by atoms with E-state index in [4.69, 9.17) is 19.7 Å². The quantitative estimate of drug-likeness (QED) is 0.150. The van der Waals surface area contributed by atoms with Crippen molar-refractivity contribution in [3.8, 4) is 5.75 Å². The van der Waals surface area contributed by atoms with E-state index < -0.39 is 72.7 Å². The maximum absolute atomic E-state index is 12.0. The van der Waals surface area contributed by atoms with Crippen molar-refractivity contribution in [1.29, 1.82) is 0 Å². The number of nitro benzene ring substituents is 1. The van der Waals surface area contributed by atoms with Crippen molar-refractivity contribution in [3.05, 3.63) is 34.4 Å². The van der Waals surface area contributed by atoms with Crippen LogP contribution in [-0.2, 0) is 14.3 Å². The minimum atomic E-state index is -2.63. The maximum atomic E-state index is 12.0. The largest absolute Gasteiger partial charge is 0.476 e. The number of amides is 1. The van der Waals surface area contributed by atoms with Gasteiger partial charge in [-0.2, -0.15) is 0 Å². The molecule has 1 aliphatic heterocycles. The highest BCUT2D eigenvalue weighted by molar-refractivity contribution is 5.78. The molecule has 2 rings (SSSR count). The summed E-state index contributed by atoms with van der Waals surface area (Å²) in [6, 6.07) is 2.77. The molecule has 0 radical (unpaired) electrons. The van der Waals surface area contributed by atoms with E-state index in [0.29, 0.717) is 0 Å². The van der Waals surface area contributed by atoms with Gasteiger partial charge in [-0.3, -0.25) is 14.9 Å². The average Bonchev–Trinajstić information content (AvgIpc) is 2.74. The van der Waals surface area contributed by atoms with Crippen LogP contribution in [0.25, 0.3) is 0 Å². The lowest BCUT2D eigenvalue weighted by atomic mass is 9.88. The Morgan fingerprint density at radius 3 is 2.39 bits per heavy atom. The van der Waals surface area contributed by atoms with Crippen LogP contribution < -0.4 is 10.1 Å². The van der Waals surface area contributed by atoms with Gasteiger partial charge in [0.2, 0.25) is 5.91 Å². The molecule has 1 unspecified atom stereocenters. The van der Waals surface area contributed by atoms with Gasteiger partial charge in [-0.05, 0) is 12.1 Å². The lowest BCUT2D eigenvalue weighted by molar-refractivity contribution is -0.384. The molecule has 0 bridgehead atoms. The third-order valence-electron chi connectivity index (χ3n) is 4.62. The standard InChI is InChI=1S/C17H22N2O12/c20-6-11(23)14(25)15-13(18-12(24)7-21)10(22)5-17(31-15,16(26)27)30-9-3-1-8(2-4-9)19(28)29/h1-4,10-11,13-15,20-23,25H,5-7H2,(H,18,24)(H,26,27)/t10-,11-,13-,14-,15?,17-/m1/s1. The van der Waals surface area contributed by atoms with E-state index in [1.54, 1.807) is 0 Å². The molecule has 0 saturated carbocycles. The number of nitrogens with one attached hydrogen (secondary N) is 1. The van der Waals surface area contributed by atoms with Gasteiger partial charge < -0.3 is 45.4 Å². The second-order valence-corrected chi connectivity index (χ2v) is 6.76. The molecule has 1 aliphatic rings. The summed E-state index contributed by atoms with van der Waals surface area (Å²) in [5, 5.41) is 71.3. The molecule has 14 nitrogen and oxygen atoms in total. The number of carbonyl (C=O) groups excluding carboxylic acids is 1. The van der Waals surface area contributed by atoms with Gasteiger partial charge in [-0.1, -0.05) is 0 Å². The van der Waals surface area contributed by atoms with Crippen LogP contribution in [0.2, 0.25) is 0 Å². The Bertz CT molecular complexity index is 803. The molecule has 172 valence electrons. The number of aliphatic hydroxyl groups is 5. The van der Waals surface area contributed by atoms with Gasteiger partial charge in [0, 0.05) is 12.1 Å². The molecular weight excluding hydrogens is 424 g/mol. The summed E-state index contributed by atoms with van der Waals surface area (Å²) in [6.07, 6.45) is -8.09. The summed E-state index contributed by atoms with van der Waals surface area (Å²) >= 11 is 0. The highest BCUT2D eigenvalue weighted by atomic mass is 16.7. The van der Waals surface area contributed by atoms with Crippen LogP contribution in [0, 0.1) is 10.1 Å². The van der Waals surface area contributed by atoms with Crippen LogP contribution in [0.1, 0.15) is 6.42 Å². The summed E-state index contributed by atoms with van der Waals surface area (Å²) in [5.74, 6) is -5.54. The van der Waals surface area contributed by atoms with Crippen LogP contribution in [0.3, 0.4) is 0 Å². The molecule has 1 saturated heterocycles. The molecule has 1 aromatic carbocycles. The van der Waals surface area contributed by atoms with Crippen LogP contribution in [0.4, 0.5) is 5.69 Å². The number of ether oxygens (including phenoxy) is 2. The van der Waals surface area contributed by atoms with Crippen molar-refractivity contribution in [3.63, 3.8) is 0 Å². The molecule has 1 amide bonds. The van der Waals surface area contributed by atoms with Crippen molar-refractivity contribution in [1.82, 2.24) is 5.32 Å². The first-order chi connectivity index (χ1) is 14.5. The topological polar surface area (TPSA) is 229 Å². The zero-order chi connectivity index (χ0) is 23.3. The second-order valence-electron chi connectivity index (χ2n) is 6.76. The Labute approximate surface area is 174 Å². The minimum Gasteiger partial charge on any atom is -0.476 e. The third kappa shape index (κ3) is 5.43. The monoisotopic (exact) mass is 446 g/mol. The Kier molecular flexibility index (Phi) is 7.83. The number of hydrogen-bond donors (Lipinski definition) is 7. The lowest BCUT2D eigenvalue weighted by Crippen LogP contribution is -2.69. The van der Waals surface area contributed by atoms with E-state index in [9.17, 15) is 40.1 Å². The molecule has 7 N–H and O–H groups in total. The second kappa shape index (κ2) is 9.95. The summed E-state index contributed by atoms with van der Waals surface area (Å²) in [4.78, 5) is 33.7. The summed E-state index contributed by atoms with van der Waals surface area (Å²) < 4.78 is 10.8. The van der Waals surface area contributed by atoms with Crippen LogP contribution in [-0.4, -0.2) is 96.9 Å². The predicted molar refractivity (Wildman–Crippen MR) is 97.7 cm³/mol. The molecule has 0 aromatic heterocycles. The summed E-state index contributed by atoms with van der Waals surface area (Å²) in [7, 11) is 0. The van der Waals surface area contributed by atoms with Crippen molar-refractivity contribution in [2.24, 2.45) is 0 Å². The van der Waals surface area contributed by atoms with Gasteiger partial charge in [0.15, 0.2) is 0 Å². The highest BCUT2D eigenvalue weighted by Gasteiger charge is 2.56. The molecule has 1 fully saturated rings. The van der Waals surface area contributed by atoms with Crippen LogP contribution in [0.5, 0.6) is 5.75 Å². The molecule has 0 aliphatic carbocycles. The number of hydrogen-bond acceptors (Lipinski definition) is 11. The first-order valence-electron chi connectivity index (χ1n) is 8.94. The van der Waals surface area contributed by atoms with Crippen molar-refractivity contribution in [2.75, 3.05) is 13.2 Å². The predicted octanol–water partition coefficient (Wildman–Crippen LogP) is -2.90. The number of carboxylic acid groups (broad SMARTS) is 1. The Hall–Kier alpha value is -2.88. The number of carboxylic acids is 1. The fourth-order valence-electron chi connectivity index (χ4n) is 3.05. The molecule has 1 heterocycles.